The second kappa shape index (κ2) is 5.29. The van der Waals surface area contributed by atoms with E-state index >= 15 is 0 Å². The predicted octanol–water partition coefficient (Wildman–Crippen LogP) is 2.82. The Morgan fingerprint density at radius 2 is 2.21 bits per heavy atom. The summed E-state index contributed by atoms with van der Waals surface area (Å²) in [5, 5.41) is 9.90. The smallest absolute Gasteiger partial charge is 0.270 e. The minimum Gasteiger partial charge on any atom is -0.389 e. The number of halogens is 1. The highest BCUT2D eigenvalue weighted by molar-refractivity contribution is 9.10. The van der Waals surface area contributed by atoms with Crippen molar-refractivity contribution in [2.24, 2.45) is 0 Å². The van der Waals surface area contributed by atoms with Gasteiger partial charge in [-0.25, -0.2) is 0 Å². The Bertz CT molecular complexity index is 472. The maximum atomic E-state index is 12.6. The molecule has 19 heavy (non-hydrogen) atoms. The molecule has 0 aliphatic heterocycles. The number of aliphatic hydroxyl groups is 1. The van der Waals surface area contributed by atoms with E-state index in [1.165, 1.54) is 0 Å². The largest absolute Gasteiger partial charge is 0.389 e. The zero-order valence-corrected chi connectivity index (χ0v) is 13.3. The van der Waals surface area contributed by atoms with E-state index < -0.39 is 5.60 Å². The molecule has 1 aliphatic carbocycles. The third-order valence-electron chi connectivity index (χ3n) is 3.22. The van der Waals surface area contributed by atoms with E-state index in [2.05, 4.69) is 20.5 Å². The summed E-state index contributed by atoms with van der Waals surface area (Å²) in [6.45, 7) is 6.31. The van der Waals surface area contributed by atoms with E-state index in [4.69, 9.17) is 0 Å². The van der Waals surface area contributed by atoms with Gasteiger partial charge in [-0.3, -0.25) is 4.79 Å². The monoisotopic (exact) mass is 328 g/mol. The zero-order chi connectivity index (χ0) is 14.2. The van der Waals surface area contributed by atoms with Crippen LogP contribution in [0, 0.1) is 0 Å². The molecule has 2 rings (SSSR count). The maximum absolute atomic E-state index is 12.6. The first-order valence-electron chi connectivity index (χ1n) is 6.71. The van der Waals surface area contributed by atoms with Crippen molar-refractivity contribution >= 4 is 21.8 Å². The van der Waals surface area contributed by atoms with E-state index in [0.29, 0.717) is 24.8 Å². The SMILES string of the molecule is CCN(CC(C)(C)O)C(=O)c1cc(Br)cn1C1CC1. The Morgan fingerprint density at radius 3 is 2.68 bits per heavy atom. The minimum absolute atomic E-state index is 0.0118. The van der Waals surface area contributed by atoms with Crippen LogP contribution in [0.4, 0.5) is 0 Å². The highest BCUT2D eigenvalue weighted by atomic mass is 79.9. The van der Waals surface area contributed by atoms with E-state index in [1.54, 1.807) is 18.7 Å². The van der Waals surface area contributed by atoms with Crippen molar-refractivity contribution in [3.05, 3.63) is 22.4 Å². The van der Waals surface area contributed by atoms with Gasteiger partial charge in [0.1, 0.15) is 5.69 Å². The van der Waals surface area contributed by atoms with Crippen molar-refractivity contribution in [3.63, 3.8) is 0 Å². The van der Waals surface area contributed by atoms with Crippen molar-refractivity contribution in [1.82, 2.24) is 9.47 Å². The summed E-state index contributed by atoms with van der Waals surface area (Å²) in [5.41, 5.74) is -0.166. The highest BCUT2D eigenvalue weighted by Gasteiger charge is 2.30. The lowest BCUT2D eigenvalue weighted by Gasteiger charge is -2.28. The molecular formula is C14H21BrN2O2. The maximum Gasteiger partial charge on any atom is 0.270 e. The average Bonchev–Trinajstić information content (AvgIpc) is 3.07. The number of aromatic nitrogens is 1. The standard InChI is InChI=1S/C14H21BrN2O2/c1-4-16(9-14(2,3)19)13(18)12-7-10(15)8-17(12)11-5-6-11/h7-8,11,19H,4-6,9H2,1-3H3. The number of carbonyl (C=O) groups excluding carboxylic acids is 1. The van der Waals surface area contributed by atoms with E-state index in [1.807, 2.05) is 19.2 Å². The summed E-state index contributed by atoms with van der Waals surface area (Å²) >= 11 is 3.44. The summed E-state index contributed by atoms with van der Waals surface area (Å²) in [7, 11) is 0. The summed E-state index contributed by atoms with van der Waals surface area (Å²) < 4.78 is 2.99. The summed E-state index contributed by atoms with van der Waals surface area (Å²) in [4.78, 5) is 14.3. The lowest BCUT2D eigenvalue weighted by molar-refractivity contribution is 0.0309. The van der Waals surface area contributed by atoms with Gasteiger partial charge < -0.3 is 14.6 Å². The summed E-state index contributed by atoms with van der Waals surface area (Å²) in [5.74, 6) is -0.0118. The van der Waals surface area contributed by atoms with E-state index in [0.717, 1.165) is 17.3 Å². The van der Waals surface area contributed by atoms with Gasteiger partial charge in [0.15, 0.2) is 0 Å². The number of nitrogens with zero attached hydrogens (tertiary/aromatic N) is 2. The number of likely N-dealkylation sites (N-methyl/N-ethyl adjacent to an activating group) is 1. The van der Waals surface area contributed by atoms with E-state index in [9.17, 15) is 9.90 Å². The van der Waals surface area contributed by atoms with Crippen LogP contribution in [-0.2, 0) is 0 Å². The molecule has 1 aromatic heterocycles. The molecule has 0 unspecified atom stereocenters. The highest BCUT2D eigenvalue weighted by Crippen LogP contribution is 2.37. The van der Waals surface area contributed by atoms with Crippen LogP contribution in [0.5, 0.6) is 0 Å². The number of carbonyl (C=O) groups is 1. The summed E-state index contributed by atoms with van der Waals surface area (Å²) in [6.07, 6.45) is 4.25. The van der Waals surface area contributed by atoms with Crippen LogP contribution in [0.3, 0.4) is 0 Å². The normalized spacial score (nSPS) is 15.6. The Labute approximate surface area is 122 Å². The molecule has 1 amide bonds. The first kappa shape index (κ1) is 14.6. The second-order valence-corrected chi connectivity index (χ2v) is 6.73. The molecule has 5 heteroatoms. The molecule has 0 atom stereocenters. The van der Waals surface area contributed by atoms with Gasteiger partial charge in [-0.2, -0.15) is 0 Å². The minimum atomic E-state index is -0.875. The summed E-state index contributed by atoms with van der Waals surface area (Å²) in [6, 6.07) is 2.33. The van der Waals surface area contributed by atoms with Crippen LogP contribution < -0.4 is 0 Å². The van der Waals surface area contributed by atoms with Gasteiger partial charge in [-0.1, -0.05) is 0 Å². The number of rotatable bonds is 5. The van der Waals surface area contributed by atoms with Gasteiger partial charge in [-0.15, -0.1) is 0 Å². The predicted molar refractivity (Wildman–Crippen MR) is 78.3 cm³/mol. The van der Waals surface area contributed by atoms with Gasteiger partial charge in [-0.05, 0) is 55.6 Å². The third-order valence-corrected chi connectivity index (χ3v) is 3.65. The van der Waals surface area contributed by atoms with Gasteiger partial charge >= 0.3 is 0 Å². The van der Waals surface area contributed by atoms with Crippen LogP contribution in [0.25, 0.3) is 0 Å². The molecule has 1 aromatic rings. The molecule has 106 valence electrons. The van der Waals surface area contributed by atoms with Gasteiger partial charge in [0, 0.05) is 29.8 Å². The van der Waals surface area contributed by atoms with E-state index in [-0.39, 0.29) is 5.91 Å². The molecule has 4 nitrogen and oxygen atoms in total. The second-order valence-electron chi connectivity index (χ2n) is 5.81. The molecule has 1 N–H and O–H groups in total. The third kappa shape index (κ3) is 3.60. The Kier molecular flexibility index (Phi) is 4.06. The number of amides is 1. The fraction of sp³-hybridized carbons (Fsp3) is 0.643. The molecule has 0 radical (unpaired) electrons. The van der Waals surface area contributed by atoms with Crippen molar-refractivity contribution in [2.75, 3.05) is 13.1 Å². The van der Waals surface area contributed by atoms with Crippen molar-refractivity contribution < 1.29 is 9.90 Å². The fourth-order valence-electron chi connectivity index (χ4n) is 2.23. The van der Waals surface area contributed by atoms with Gasteiger partial charge in [0.25, 0.3) is 5.91 Å². The molecule has 1 heterocycles. The average molecular weight is 329 g/mol. The Balaban J connectivity index is 2.22. The van der Waals surface area contributed by atoms with Gasteiger partial charge in [0.2, 0.25) is 0 Å². The molecule has 0 bridgehead atoms. The van der Waals surface area contributed by atoms with Gasteiger partial charge in [0.05, 0.1) is 5.60 Å². The Hall–Kier alpha value is -0.810. The molecule has 0 spiro atoms. The zero-order valence-electron chi connectivity index (χ0n) is 11.7. The van der Waals surface area contributed by atoms with Crippen LogP contribution in [0.2, 0.25) is 0 Å². The van der Waals surface area contributed by atoms with Crippen molar-refractivity contribution in [3.8, 4) is 0 Å². The Morgan fingerprint density at radius 1 is 1.58 bits per heavy atom. The molecule has 0 aromatic carbocycles. The van der Waals surface area contributed by atoms with Crippen LogP contribution >= 0.6 is 15.9 Å². The van der Waals surface area contributed by atoms with Crippen LogP contribution in [-0.4, -0.2) is 39.2 Å². The lowest BCUT2D eigenvalue weighted by Crippen LogP contribution is -2.42. The number of hydrogen-bond acceptors (Lipinski definition) is 2. The quantitative estimate of drug-likeness (QED) is 0.903. The van der Waals surface area contributed by atoms with Crippen LogP contribution in [0.15, 0.2) is 16.7 Å². The number of hydrogen-bond donors (Lipinski definition) is 1. The van der Waals surface area contributed by atoms with Crippen molar-refractivity contribution in [2.45, 2.75) is 45.3 Å². The molecule has 1 fully saturated rings. The first-order valence-corrected chi connectivity index (χ1v) is 7.50. The molecule has 1 saturated carbocycles. The lowest BCUT2D eigenvalue weighted by atomic mass is 10.1. The topological polar surface area (TPSA) is 45.5 Å². The first-order chi connectivity index (χ1) is 8.81. The molecule has 1 aliphatic rings. The van der Waals surface area contributed by atoms with Crippen molar-refractivity contribution in [1.29, 1.82) is 0 Å². The molecule has 0 saturated heterocycles. The molecular weight excluding hydrogens is 308 g/mol. The fourth-order valence-corrected chi connectivity index (χ4v) is 2.67. The van der Waals surface area contributed by atoms with Crippen LogP contribution in [0.1, 0.15) is 50.1 Å².